The quantitative estimate of drug-likeness (QED) is 0.773. The molecule has 0 aromatic carbocycles. The van der Waals surface area contributed by atoms with E-state index in [0.29, 0.717) is 51.9 Å². The molecular formula is C20H29N5O4. The van der Waals surface area contributed by atoms with Crippen LogP contribution < -0.4 is 0 Å². The molecule has 0 saturated carbocycles. The zero-order valence-corrected chi connectivity index (χ0v) is 17.1. The molecule has 1 aromatic heterocycles. The summed E-state index contributed by atoms with van der Waals surface area (Å²) >= 11 is 0. The van der Waals surface area contributed by atoms with Crippen molar-refractivity contribution in [2.24, 2.45) is 5.92 Å². The van der Waals surface area contributed by atoms with Gasteiger partial charge in [0.05, 0.1) is 23.5 Å². The summed E-state index contributed by atoms with van der Waals surface area (Å²) in [5, 5.41) is 0. The van der Waals surface area contributed by atoms with E-state index in [-0.39, 0.29) is 30.2 Å². The fraction of sp³-hybridized carbons (Fsp3) is 0.700. The van der Waals surface area contributed by atoms with Gasteiger partial charge in [-0.25, -0.2) is 4.98 Å². The number of aromatic amines is 1. The first-order valence-electron chi connectivity index (χ1n) is 10.3. The summed E-state index contributed by atoms with van der Waals surface area (Å²) in [4.78, 5) is 50.8. The van der Waals surface area contributed by atoms with Crippen molar-refractivity contribution < 1.29 is 19.1 Å². The Balaban J connectivity index is 1.51. The van der Waals surface area contributed by atoms with Gasteiger partial charge < -0.3 is 24.4 Å². The summed E-state index contributed by atoms with van der Waals surface area (Å²) in [7, 11) is 3.29. The number of aromatic nitrogens is 2. The third-order valence-corrected chi connectivity index (χ3v) is 6.71. The lowest BCUT2D eigenvalue weighted by molar-refractivity contribution is -0.149. The monoisotopic (exact) mass is 403 g/mol. The molecule has 1 spiro atoms. The summed E-state index contributed by atoms with van der Waals surface area (Å²) in [6, 6.07) is 0. The highest BCUT2D eigenvalue weighted by atomic mass is 16.5. The number of rotatable bonds is 3. The predicted molar refractivity (Wildman–Crippen MR) is 104 cm³/mol. The number of hydrogen-bond acceptors (Lipinski definition) is 5. The Kier molecular flexibility index (Phi) is 5.33. The van der Waals surface area contributed by atoms with E-state index in [9.17, 15) is 14.4 Å². The third-order valence-electron chi connectivity index (χ3n) is 6.71. The molecule has 29 heavy (non-hydrogen) atoms. The van der Waals surface area contributed by atoms with Crippen molar-refractivity contribution in [1.82, 2.24) is 24.7 Å². The average molecular weight is 403 g/mol. The smallest absolute Gasteiger partial charge is 0.249 e. The van der Waals surface area contributed by atoms with Crippen LogP contribution in [0, 0.1) is 5.92 Å². The van der Waals surface area contributed by atoms with Gasteiger partial charge >= 0.3 is 0 Å². The first-order chi connectivity index (χ1) is 14.0. The molecule has 0 radical (unpaired) electrons. The van der Waals surface area contributed by atoms with Crippen LogP contribution in [0.15, 0.2) is 6.33 Å². The van der Waals surface area contributed by atoms with Crippen molar-refractivity contribution in [1.29, 1.82) is 0 Å². The van der Waals surface area contributed by atoms with Gasteiger partial charge in [-0.3, -0.25) is 14.4 Å². The topological polar surface area (TPSA) is 98.8 Å². The van der Waals surface area contributed by atoms with Crippen LogP contribution in [-0.4, -0.2) is 89.3 Å². The van der Waals surface area contributed by atoms with Crippen LogP contribution in [-0.2, 0) is 31.1 Å². The van der Waals surface area contributed by atoms with Crippen LogP contribution in [0.2, 0.25) is 0 Å². The number of imidazole rings is 1. The molecule has 3 amide bonds. The minimum absolute atomic E-state index is 0.0339. The summed E-state index contributed by atoms with van der Waals surface area (Å²) in [5.41, 5.74) is 1.53. The molecule has 158 valence electrons. The van der Waals surface area contributed by atoms with Crippen molar-refractivity contribution in [2.75, 3.05) is 46.9 Å². The van der Waals surface area contributed by atoms with Gasteiger partial charge in [-0.15, -0.1) is 0 Å². The van der Waals surface area contributed by atoms with E-state index in [1.165, 1.54) is 7.11 Å². The fourth-order valence-electron chi connectivity index (χ4n) is 5.12. The molecule has 2 fully saturated rings. The Hall–Kier alpha value is -2.42. The van der Waals surface area contributed by atoms with E-state index in [0.717, 1.165) is 17.8 Å². The molecule has 4 heterocycles. The van der Waals surface area contributed by atoms with Crippen LogP contribution in [0.5, 0.6) is 0 Å². The number of piperidine rings is 2. The number of ether oxygens (including phenoxy) is 1. The van der Waals surface area contributed by atoms with Gasteiger partial charge in [0.15, 0.2) is 0 Å². The maximum Gasteiger partial charge on any atom is 0.249 e. The first-order valence-corrected chi connectivity index (χ1v) is 10.3. The molecule has 1 N–H and O–H groups in total. The van der Waals surface area contributed by atoms with Gasteiger partial charge in [0.25, 0.3) is 0 Å². The highest BCUT2D eigenvalue weighted by Crippen LogP contribution is 2.42. The number of nitrogens with zero attached hydrogens (tertiary/aromatic N) is 4. The van der Waals surface area contributed by atoms with Crippen molar-refractivity contribution >= 4 is 17.7 Å². The predicted octanol–water partition coefficient (Wildman–Crippen LogP) is 0.127. The lowest BCUT2D eigenvalue weighted by atomic mass is 9.78. The molecular weight excluding hydrogens is 374 g/mol. The standard InChI is InChI=1S/C20H29N5O4/c1-23-11-14(3-4-16(23)26)19(28)24-9-6-20(7-10-24)18-15(21-13-22-18)5-8-25(20)17(27)12-29-2/h13-14H,3-12H2,1-2H3,(H,21,22)/t14-/m0/s1. The molecule has 2 saturated heterocycles. The number of carbonyl (C=O) groups excluding carboxylic acids is 3. The Morgan fingerprint density at radius 2 is 2.03 bits per heavy atom. The third kappa shape index (κ3) is 3.41. The van der Waals surface area contributed by atoms with Crippen LogP contribution in [0.4, 0.5) is 0 Å². The number of fused-ring (bicyclic) bond motifs is 2. The Morgan fingerprint density at radius 1 is 1.28 bits per heavy atom. The molecule has 0 bridgehead atoms. The van der Waals surface area contributed by atoms with Crippen molar-refractivity contribution in [3.8, 4) is 0 Å². The van der Waals surface area contributed by atoms with E-state index in [1.54, 1.807) is 18.3 Å². The average Bonchev–Trinajstić information content (AvgIpc) is 3.21. The Morgan fingerprint density at radius 3 is 2.72 bits per heavy atom. The second-order valence-electron chi connectivity index (χ2n) is 8.32. The number of methoxy groups -OCH3 is 1. The number of nitrogens with one attached hydrogen (secondary N) is 1. The van der Waals surface area contributed by atoms with Crippen LogP contribution in [0.25, 0.3) is 0 Å². The van der Waals surface area contributed by atoms with Crippen molar-refractivity contribution in [3.05, 3.63) is 17.7 Å². The minimum Gasteiger partial charge on any atom is -0.375 e. The Labute approximate surface area is 170 Å². The molecule has 1 atom stereocenters. The minimum atomic E-state index is -0.487. The lowest BCUT2D eigenvalue weighted by Gasteiger charge is -2.50. The summed E-state index contributed by atoms with van der Waals surface area (Å²) < 4.78 is 5.10. The van der Waals surface area contributed by atoms with Gasteiger partial charge in [-0.1, -0.05) is 0 Å². The molecule has 9 heteroatoms. The molecule has 9 nitrogen and oxygen atoms in total. The van der Waals surface area contributed by atoms with Crippen molar-refractivity contribution in [3.63, 3.8) is 0 Å². The molecule has 3 aliphatic rings. The highest BCUT2D eigenvalue weighted by Gasteiger charge is 2.49. The lowest BCUT2D eigenvalue weighted by Crippen LogP contribution is -2.60. The fourth-order valence-corrected chi connectivity index (χ4v) is 5.12. The van der Waals surface area contributed by atoms with Crippen LogP contribution in [0.1, 0.15) is 37.1 Å². The van der Waals surface area contributed by atoms with Gasteiger partial charge in [0.1, 0.15) is 6.61 Å². The second-order valence-corrected chi connectivity index (χ2v) is 8.32. The van der Waals surface area contributed by atoms with E-state index >= 15 is 0 Å². The maximum absolute atomic E-state index is 13.1. The SMILES string of the molecule is COCC(=O)N1CCc2[nH]cnc2C12CCN(C(=O)[C@H]1CCC(=O)N(C)C1)CC2. The molecule has 0 aliphatic carbocycles. The largest absolute Gasteiger partial charge is 0.375 e. The number of hydrogen-bond donors (Lipinski definition) is 1. The second kappa shape index (κ2) is 7.78. The maximum atomic E-state index is 13.1. The number of carbonyl (C=O) groups is 3. The summed E-state index contributed by atoms with van der Waals surface area (Å²) in [6.07, 6.45) is 4.81. The van der Waals surface area contributed by atoms with Gasteiger partial charge in [0.2, 0.25) is 17.7 Å². The van der Waals surface area contributed by atoms with Gasteiger partial charge in [-0.2, -0.15) is 0 Å². The summed E-state index contributed by atoms with van der Waals surface area (Å²) in [6.45, 7) is 2.32. The number of amides is 3. The zero-order chi connectivity index (χ0) is 20.6. The molecule has 0 unspecified atom stereocenters. The number of likely N-dealkylation sites (tertiary alicyclic amines) is 2. The zero-order valence-electron chi connectivity index (χ0n) is 17.1. The Bertz CT molecular complexity index is 799. The van der Waals surface area contributed by atoms with Crippen molar-refractivity contribution in [2.45, 2.75) is 37.6 Å². The van der Waals surface area contributed by atoms with E-state index in [2.05, 4.69) is 9.97 Å². The van der Waals surface area contributed by atoms with E-state index < -0.39 is 5.54 Å². The molecule has 1 aromatic rings. The highest BCUT2D eigenvalue weighted by molar-refractivity contribution is 5.84. The van der Waals surface area contributed by atoms with Crippen LogP contribution >= 0.6 is 0 Å². The number of H-pyrrole nitrogens is 1. The van der Waals surface area contributed by atoms with E-state index in [1.807, 2.05) is 9.80 Å². The van der Waals surface area contributed by atoms with Crippen LogP contribution in [0.3, 0.4) is 0 Å². The van der Waals surface area contributed by atoms with E-state index in [4.69, 9.17) is 4.74 Å². The molecule has 3 aliphatic heterocycles. The summed E-state index contributed by atoms with van der Waals surface area (Å²) in [5.74, 6) is 0.0536. The molecule has 4 rings (SSSR count). The van der Waals surface area contributed by atoms with Gasteiger partial charge in [0, 0.05) is 58.9 Å². The van der Waals surface area contributed by atoms with Gasteiger partial charge in [-0.05, 0) is 19.3 Å². The normalized spacial score (nSPS) is 24.0. The first kappa shape index (κ1) is 19.9.